The van der Waals surface area contributed by atoms with Crippen molar-refractivity contribution in [3.05, 3.63) is 36.0 Å². The maximum absolute atomic E-state index is 13.2. The van der Waals surface area contributed by atoms with Crippen molar-refractivity contribution in [3.63, 3.8) is 0 Å². The van der Waals surface area contributed by atoms with Crippen molar-refractivity contribution >= 4 is 22.7 Å². The zero-order valence-electron chi connectivity index (χ0n) is 16.8. The fourth-order valence-corrected chi connectivity index (χ4v) is 3.54. The first kappa shape index (κ1) is 19.5. The number of carbonyl (C=O) groups excluding carboxylic acids is 2. The van der Waals surface area contributed by atoms with Crippen LogP contribution in [0.15, 0.2) is 30.5 Å². The normalized spacial score (nSPS) is 17.1. The quantitative estimate of drug-likeness (QED) is 0.866. The summed E-state index contributed by atoms with van der Waals surface area (Å²) in [6.07, 6.45) is 4.50. The van der Waals surface area contributed by atoms with Crippen molar-refractivity contribution in [2.75, 3.05) is 13.1 Å². The number of rotatable bonds is 4. The molecule has 146 valence electrons. The average Bonchev–Trinajstić information content (AvgIpc) is 3.03. The Morgan fingerprint density at radius 2 is 1.89 bits per heavy atom. The van der Waals surface area contributed by atoms with E-state index in [4.69, 9.17) is 0 Å². The van der Waals surface area contributed by atoms with Crippen LogP contribution in [0, 0.1) is 11.3 Å². The molecule has 0 saturated carbocycles. The second-order valence-corrected chi connectivity index (χ2v) is 8.85. The Labute approximate surface area is 161 Å². The summed E-state index contributed by atoms with van der Waals surface area (Å²) in [5, 5.41) is 4.13. The van der Waals surface area contributed by atoms with Gasteiger partial charge in [-0.25, -0.2) is 0 Å². The van der Waals surface area contributed by atoms with E-state index in [1.807, 2.05) is 50.1 Å². The second kappa shape index (κ2) is 7.75. The molecule has 3 rings (SSSR count). The number of benzene rings is 1. The smallest absolute Gasteiger partial charge is 0.245 e. The topological polar surface area (TPSA) is 65.2 Å². The van der Waals surface area contributed by atoms with Crippen LogP contribution in [0.1, 0.15) is 46.1 Å². The summed E-state index contributed by atoms with van der Waals surface area (Å²) < 4.78 is 0. The summed E-state index contributed by atoms with van der Waals surface area (Å²) in [6, 6.07) is 7.52. The number of likely N-dealkylation sites (tertiary alicyclic amines) is 1. The lowest BCUT2D eigenvalue weighted by molar-refractivity contribution is -0.139. The van der Waals surface area contributed by atoms with E-state index in [1.165, 1.54) is 0 Å². The van der Waals surface area contributed by atoms with Gasteiger partial charge in [0.2, 0.25) is 11.8 Å². The number of hydrogen-bond donors (Lipinski definition) is 2. The molecule has 2 heterocycles. The van der Waals surface area contributed by atoms with Gasteiger partial charge >= 0.3 is 0 Å². The van der Waals surface area contributed by atoms with Crippen LogP contribution in [-0.4, -0.2) is 40.8 Å². The number of aromatic amines is 1. The largest absolute Gasteiger partial charge is 0.361 e. The summed E-state index contributed by atoms with van der Waals surface area (Å²) in [5.74, 6) is 0.598. The lowest BCUT2D eigenvalue weighted by atomic mass is 9.93. The second-order valence-electron chi connectivity index (χ2n) is 8.85. The molecule has 27 heavy (non-hydrogen) atoms. The van der Waals surface area contributed by atoms with E-state index in [2.05, 4.69) is 23.3 Å². The third kappa shape index (κ3) is 4.52. The first-order valence-electron chi connectivity index (χ1n) is 9.90. The molecule has 0 unspecified atom stereocenters. The summed E-state index contributed by atoms with van der Waals surface area (Å²) in [4.78, 5) is 31.0. The zero-order valence-corrected chi connectivity index (χ0v) is 16.8. The Balaban J connectivity index is 1.83. The van der Waals surface area contributed by atoms with Gasteiger partial charge in [0.15, 0.2) is 0 Å². The molecule has 5 nitrogen and oxygen atoms in total. The molecule has 2 amide bonds. The average molecular weight is 370 g/mol. The fourth-order valence-electron chi connectivity index (χ4n) is 3.54. The number of nitrogens with zero attached hydrogens (tertiary/aromatic N) is 1. The molecule has 1 aliphatic rings. The minimum absolute atomic E-state index is 0.0322. The van der Waals surface area contributed by atoms with E-state index < -0.39 is 11.5 Å². The molecule has 1 aromatic carbocycles. The third-order valence-electron chi connectivity index (χ3n) is 5.48. The Bertz CT molecular complexity index is 810. The fraction of sp³-hybridized carbons (Fsp3) is 0.545. The Kier molecular flexibility index (Phi) is 5.59. The molecule has 1 atom stereocenters. The Morgan fingerprint density at radius 3 is 2.56 bits per heavy atom. The highest BCUT2D eigenvalue weighted by molar-refractivity contribution is 5.91. The number of fused-ring (bicyclic) bond motifs is 1. The highest BCUT2D eigenvalue weighted by atomic mass is 16.2. The Morgan fingerprint density at radius 1 is 1.22 bits per heavy atom. The molecular formula is C22H31N3O2. The Hall–Kier alpha value is -2.30. The van der Waals surface area contributed by atoms with E-state index in [1.54, 1.807) is 0 Å². The third-order valence-corrected chi connectivity index (χ3v) is 5.48. The number of H-pyrrole nitrogens is 1. The first-order valence-corrected chi connectivity index (χ1v) is 9.90. The van der Waals surface area contributed by atoms with Crippen molar-refractivity contribution in [2.24, 2.45) is 11.3 Å². The monoisotopic (exact) mass is 369 g/mol. The van der Waals surface area contributed by atoms with Gasteiger partial charge in [-0.2, -0.15) is 0 Å². The van der Waals surface area contributed by atoms with Crippen LogP contribution in [-0.2, 0) is 16.0 Å². The predicted octanol–water partition coefficient (Wildman–Crippen LogP) is 3.50. The summed E-state index contributed by atoms with van der Waals surface area (Å²) in [6.45, 7) is 9.40. The maximum atomic E-state index is 13.2. The van der Waals surface area contributed by atoms with Gasteiger partial charge in [-0.1, -0.05) is 45.9 Å². The highest BCUT2D eigenvalue weighted by Gasteiger charge is 2.32. The molecule has 0 aliphatic carbocycles. The molecule has 0 bridgehead atoms. The van der Waals surface area contributed by atoms with Crippen LogP contribution in [0.5, 0.6) is 0 Å². The molecular weight excluding hydrogens is 338 g/mol. The van der Waals surface area contributed by atoms with Gasteiger partial charge in [-0.05, 0) is 30.4 Å². The van der Waals surface area contributed by atoms with Crippen LogP contribution < -0.4 is 5.32 Å². The SMILES string of the molecule is CC1CCN(C(=O)[C@H](Cc2c[nH]c3ccccc23)NC(=O)C(C)(C)C)CC1. The number of para-hydroxylation sites is 1. The lowest BCUT2D eigenvalue weighted by Gasteiger charge is -2.34. The molecule has 1 aromatic heterocycles. The highest BCUT2D eigenvalue weighted by Crippen LogP contribution is 2.22. The van der Waals surface area contributed by atoms with E-state index in [0.717, 1.165) is 42.4 Å². The van der Waals surface area contributed by atoms with Crippen LogP contribution >= 0.6 is 0 Å². The van der Waals surface area contributed by atoms with E-state index in [9.17, 15) is 9.59 Å². The predicted molar refractivity (Wildman–Crippen MR) is 108 cm³/mol. The summed E-state index contributed by atoms with van der Waals surface area (Å²) in [5.41, 5.74) is 1.57. The van der Waals surface area contributed by atoms with Crippen molar-refractivity contribution in [2.45, 2.75) is 53.0 Å². The molecule has 1 saturated heterocycles. The van der Waals surface area contributed by atoms with Gasteiger partial charge in [0.05, 0.1) is 0 Å². The molecule has 0 radical (unpaired) electrons. The summed E-state index contributed by atoms with van der Waals surface area (Å²) in [7, 11) is 0. The van der Waals surface area contributed by atoms with Gasteiger partial charge in [-0.15, -0.1) is 0 Å². The number of nitrogens with one attached hydrogen (secondary N) is 2. The van der Waals surface area contributed by atoms with Crippen molar-refractivity contribution in [1.29, 1.82) is 0 Å². The standard InChI is InChI=1S/C22H31N3O2/c1-15-9-11-25(12-10-15)20(26)19(24-21(27)22(2,3)4)13-16-14-23-18-8-6-5-7-17(16)18/h5-8,14-15,19,23H,9-13H2,1-4H3,(H,24,27)/t19-/m0/s1. The molecule has 1 fully saturated rings. The number of hydrogen-bond acceptors (Lipinski definition) is 2. The van der Waals surface area contributed by atoms with Crippen LogP contribution in [0.25, 0.3) is 10.9 Å². The van der Waals surface area contributed by atoms with Crippen LogP contribution in [0.2, 0.25) is 0 Å². The molecule has 2 aromatic rings. The van der Waals surface area contributed by atoms with Gasteiger partial charge in [0.25, 0.3) is 0 Å². The zero-order chi connectivity index (χ0) is 19.6. The summed E-state index contributed by atoms with van der Waals surface area (Å²) >= 11 is 0. The minimum Gasteiger partial charge on any atom is -0.361 e. The molecule has 0 spiro atoms. The molecule has 2 N–H and O–H groups in total. The minimum atomic E-state index is -0.538. The van der Waals surface area contributed by atoms with Gasteiger partial charge in [-0.3, -0.25) is 9.59 Å². The number of amides is 2. The lowest BCUT2D eigenvalue weighted by Crippen LogP contribution is -2.53. The van der Waals surface area contributed by atoms with Crippen molar-refractivity contribution < 1.29 is 9.59 Å². The van der Waals surface area contributed by atoms with Crippen LogP contribution in [0.3, 0.4) is 0 Å². The maximum Gasteiger partial charge on any atom is 0.245 e. The van der Waals surface area contributed by atoms with Gasteiger partial charge in [0.1, 0.15) is 6.04 Å². The van der Waals surface area contributed by atoms with Crippen molar-refractivity contribution in [1.82, 2.24) is 15.2 Å². The van der Waals surface area contributed by atoms with E-state index >= 15 is 0 Å². The van der Waals surface area contributed by atoms with Gasteiger partial charge in [0, 0.05) is 42.0 Å². The number of carbonyl (C=O) groups is 2. The first-order chi connectivity index (χ1) is 12.8. The van der Waals surface area contributed by atoms with Crippen LogP contribution in [0.4, 0.5) is 0 Å². The van der Waals surface area contributed by atoms with E-state index in [-0.39, 0.29) is 11.8 Å². The number of aromatic nitrogens is 1. The van der Waals surface area contributed by atoms with E-state index in [0.29, 0.717) is 12.3 Å². The van der Waals surface area contributed by atoms with Crippen molar-refractivity contribution in [3.8, 4) is 0 Å². The molecule has 5 heteroatoms. The molecule has 1 aliphatic heterocycles. The van der Waals surface area contributed by atoms with Gasteiger partial charge < -0.3 is 15.2 Å². The number of piperidine rings is 1.